The molecular weight excluding hydrogens is 292 g/mol. The van der Waals surface area contributed by atoms with Gasteiger partial charge in [0.05, 0.1) is 16.1 Å². The van der Waals surface area contributed by atoms with Gasteiger partial charge in [-0.1, -0.05) is 6.92 Å². The van der Waals surface area contributed by atoms with Crippen LogP contribution in [0.25, 0.3) is 21.7 Å². The van der Waals surface area contributed by atoms with Gasteiger partial charge in [0.25, 0.3) is 0 Å². The predicted octanol–water partition coefficient (Wildman–Crippen LogP) is 4.23. The van der Waals surface area contributed by atoms with Crippen molar-refractivity contribution >= 4 is 17.2 Å². The topological polar surface area (TPSA) is 54.7 Å². The lowest BCUT2D eigenvalue weighted by atomic mass is 10.0. The third-order valence-corrected chi connectivity index (χ3v) is 4.45. The maximum atomic E-state index is 13.4. The molecule has 0 spiro atoms. The number of aromatic amines is 1. The number of hydrogen-bond donors (Lipinski definition) is 2. The number of hydrogen-bond acceptors (Lipinski definition) is 3. The summed E-state index contributed by atoms with van der Waals surface area (Å²) in [5, 5.41) is 6.83. The van der Waals surface area contributed by atoms with Crippen LogP contribution in [0, 0.1) is 11.6 Å². The number of nitrogens with two attached hydrogens (primary N) is 1. The Morgan fingerprint density at radius 3 is 2.52 bits per heavy atom. The van der Waals surface area contributed by atoms with E-state index in [2.05, 4.69) is 17.1 Å². The van der Waals surface area contributed by atoms with E-state index < -0.39 is 11.6 Å². The highest BCUT2D eigenvalue weighted by atomic mass is 32.1. The van der Waals surface area contributed by atoms with E-state index in [4.69, 9.17) is 5.73 Å². The Morgan fingerprint density at radius 2 is 1.90 bits per heavy atom. The summed E-state index contributed by atoms with van der Waals surface area (Å²) >= 11 is 1.60. The molecule has 3 rings (SSSR count). The molecule has 0 fully saturated rings. The van der Waals surface area contributed by atoms with E-state index in [1.54, 1.807) is 11.3 Å². The Morgan fingerprint density at radius 1 is 1.19 bits per heavy atom. The van der Waals surface area contributed by atoms with E-state index in [1.807, 2.05) is 12.1 Å². The molecule has 0 atom stereocenters. The van der Waals surface area contributed by atoms with Crippen molar-refractivity contribution in [2.24, 2.45) is 0 Å². The lowest BCUT2D eigenvalue weighted by molar-refractivity contribution is 0.584. The number of rotatable bonds is 3. The summed E-state index contributed by atoms with van der Waals surface area (Å²) in [5.41, 5.74) is 7.45. The fourth-order valence-electron chi connectivity index (χ4n) is 2.23. The highest BCUT2D eigenvalue weighted by Crippen LogP contribution is 2.38. The van der Waals surface area contributed by atoms with E-state index in [0.717, 1.165) is 17.4 Å². The number of aryl methyl sites for hydroxylation is 1. The molecular formula is C15H13F2N3S. The number of aromatic nitrogens is 2. The van der Waals surface area contributed by atoms with Gasteiger partial charge in [-0.25, -0.2) is 8.78 Å². The first kappa shape index (κ1) is 13.8. The fourth-order valence-corrected chi connectivity index (χ4v) is 3.18. The molecule has 0 saturated heterocycles. The number of nitrogens with zero attached hydrogens (tertiary/aromatic N) is 1. The van der Waals surface area contributed by atoms with Gasteiger partial charge in [-0.15, -0.1) is 11.3 Å². The summed E-state index contributed by atoms with van der Waals surface area (Å²) in [4.78, 5) is 2.16. The zero-order valence-corrected chi connectivity index (χ0v) is 12.1. The molecule has 2 heterocycles. The minimum absolute atomic E-state index is 0.224. The summed E-state index contributed by atoms with van der Waals surface area (Å²) in [6, 6.07) is 7.31. The van der Waals surface area contributed by atoms with Gasteiger partial charge in [-0.3, -0.25) is 5.10 Å². The second-order valence-corrected chi connectivity index (χ2v) is 5.80. The maximum absolute atomic E-state index is 13.4. The van der Waals surface area contributed by atoms with Gasteiger partial charge in [0.2, 0.25) is 0 Å². The quantitative estimate of drug-likeness (QED) is 0.761. The summed E-state index contributed by atoms with van der Waals surface area (Å²) in [6.45, 7) is 2.07. The molecule has 21 heavy (non-hydrogen) atoms. The number of H-pyrrole nitrogens is 1. The molecule has 3 aromatic rings. The summed E-state index contributed by atoms with van der Waals surface area (Å²) in [7, 11) is 0. The van der Waals surface area contributed by atoms with Crippen LogP contribution in [0.5, 0.6) is 0 Å². The smallest absolute Gasteiger partial charge is 0.153 e. The van der Waals surface area contributed by atoms with E-state index in [9.17, 15) is 8.78 Å². The third-order valence-electron chi connectivity index (χ3n) is 3.20. The standard InChI is InChI=1S/C15H13F2N3S/c1-2-11-3-4-12(21-11)14-13(15(18)20-19-14)8-5-9(16)7-10(17)6-8/h3-7H,2H2,1H3,(H3,18,19,20). The van der Waals surface area contributed by atoms with Gasteiger partial charge in [0, 0.05) is 10.9 Å². The van der Waals surface area contributed by atoms with Crippen molar-refractivity contribution in [2.75, 3.05) is 5.73 Å². The van der Waals surface area contributed by atoms with Crippen LogP contribution in [0.1, 0.15) is 11.8 Å². The molecule has 3 N–H and O–H groups in total. The normalized spacial score (nSPS) is 11.0. The lowest BCUT2D eigenvalue weighted by Gasteiger charge is -2.04. The van der Waals surface area contributed by atoms with Gasteiger partial charge in [0.1, 0.15) is 11.6 Å². The largest absolute Gasteiger partial charge is 0.382 e. The number of nitrogens with one attached hydrogen (secondary N) is 1. The molecule has 0 radical (unpaired) electrons. The molecule has 0 unspecified atom stereocenters. The second-order valence-electron chi connectivity index (χ2n) is 4.64. The van der Waals surface area contributed by atoms with Crippen molar-refractivity contribution in [2.45, 2.75) is 13.3 Å². The summed E-state index contributed by atoms with van der Waals surface area (Å²) in [5.74, 6) is -1.06. The van der Waals surface area contributed by atoms with E-state index >= 15 is 0 Å². The Labute approximate surface area is 124 Å². The lowest BCUT2D eigenvalue weighted by Crippen LogP contribution is -1.90. The van der Waals surface area contributed by atoms with Crippen LogP contribution >= 0.6 is 11.3 Å². The Kier molecular flexibility index (Phi) is 3.47. The molecule has 6 heteroatoms. The van der Waals surface area contributed by atoms with Crippen molar-refractivity contribution in [3.63, 3.8) is 0 Å². The van der Waals surface area contributed by atoms with Crippen molar-refractivity contribution < 1.29 is 8.78 Å². The van der Waals surface area contributed by atoms with Crippen molar-refractivity contribution in [3.8, 4) is 21.7 Å². The van der Waals surface area contributed by atoms with Gasteiger partial charge < -0.3 is 5.73 Å². The van der Waals surface area contributed by atoms with Crippen LogP contribution in [0.2, 0.25) is 0 Å². The monoisotopic (exact) mass is 305 g/mol. The Balaban J connectivity index is 2.16. The first-order valence-electron chi connectivity index (χ1n) is 6.48. The number of nitrogen functional groups attached to an aromatic ring is 1. The maximum Gasteiger partial charge on any atom is 0.153 e. The first-order chi connectivity index (χ1) is 10.1. The van der Waals surface area contributed by atoms with Crippen molar-refractivity contribution in [3.05, 3.63) is 46.8 Å². The second kappa shape index (κ2) is 5.29. The number of benzene rings is 1. The van der Waals surface area contributed by atoms with Crippen LogP contribution in [-0.4, -0.2) is 10.2 Å². The number of halogens is 2. The summed E-state index contributed by atoms with van der Waals surface area (Å²) in [6.07, 6.45) is 0.929. The molecule has 0 aliphatic carbocycles. The average Bonchev–Trinajstić information content (AvgIpc) is 3.03. The Hall–Kier alpha value is -2.21. The van der Waals surface area contributed by atoms with E-state index in [0.29, 0.717) is 16.8 Å². The highest BCUT2D eigenvalue weighted by molar-refractivity contribution is 7.15. The van der Waals surface area contributed by atoms with Gasteiger partial charge in [-0.05, 0) is 36.2 Å². The molecule has 0 bridgehead atoms. The van der Waals surface area contributed by atoms with Gasteiger partial charge in [-0.2, -0.15) is 5.10 Å². The minimum Gasteiger partial charge on any atom is -0.382 e. The molecule has 0 amide bonds. The molecule has 3 nitrogen and oxygen atoms in total. The first-order valence-corrected chi connectivity index (χ1v) is 7.29. The molecule has 2 aromatic heterocycles. The molecule has 0 aliphatic heterocycles. The third kappa shape index (κ3) is 2.54. The van der Waals surface area contributed by atoms with E-state index in [-0.39, 0.29) is 5.82 Å². The zero-order valence-electron chi connectivity index (χ0n) is 11.3. The van der Waals surface area contributed by atoms with Crippen LogP contribution in [0.4, 0.5) is 14.6 Å². The Bertz CT molecular complexity index is 772. The van der Waals surface area contributed by atoms with E-state index in [1.165, 1.54) is 17.0 Å². The predicted molar refractivity (Wildman–Crippen MR) is 81.0 cm³/mol. The van der Waals surface area contributed by atoms with Crippen LogP contribution < -0.4 is 5.73 Å². The minimum atomic E-state index is -0.642. The van der Waals surface area contributed by atoms with Crippen LogP contribution in [0.15, 0.2) is 30.3 Å². The van der Waals surface area contributed by atoms with Gasteiger partial charge in [0.15, 0.2) is 5.82 Å². The molecule has 1 aromatic carbocycles. The highest BCUT2D eigenvalue weighted by Gasteiger charge is 2.17. The van der Waals surface area contributed by atoms with Gasteiger partial charge >= 0.3 is 0 Å². The van der Waals surface area contributed by atoms with Crippen LogP contribution in [0.3, 0.4) is 0 Å². The number of thiophene rings is 1. The molecule has 0 aliphatic rings. The zero-order chi connectivity index (χ0) is 15.0. The SMILES string of the molecule is CCc1ccc(-c2[nH]nc(N)c2-c2cc(F)cc(F)c2)s1. The fraction of sp³-hybridized carbons (Fsp3) is 0.133. The van der Waals surface area contributed by atoms with Crippen molar-refractivity contribution in [1.29, 1.82) is 0 Å². The van der Waals surface area contributed by atoms with Crippen LogP contribution in [-0.2, 0) is 6.42 Å². The number of anilines is 1. The molecule has 0 saturated carbocycles. The van der Waals surface area contributed by atoms with Crippen molar-refractivity contribution in [1.82, 2.24) is 10.2 Å². The molecule has 108 valence electrons. The summed E-state index contributed by atoms with van der Waals surface area (Å²) < 4.78 is 26.9. The average molecular weight is 305 g/mol.